The van der Waals surface area contributed by atoms with Gasteiger partial charge in [0.25, 0.3) is 5.91 Å². The highest BCUT2D eigenvalue weighted by Gasteiger charge is 2.61. The maximum Gasteiger partial charge on any atom is 0.326 e. The minimum absolute atomic E-state index is 0.255. The van der Waals surface area contributed by atoms with E-state index >= 15 is 0 Å². The number of likely N-dealkylation sites (tertiary alicyclic amines) is 1. The SMILES string of the molecule is COc1ccc(NC(=O)COC(=O)CN2C(=O)[C@H]3C4c5ccccc5C(c5ccccc54)[C@@H]3C2=O)c(OC)c1. The second kappa shape index (κ2) is 9.58. The molecule has 0 radical (unpaired) electrons. The molecule has 3 aliphatic carbocycles. The first-order valence-corrected chi connectivity index (χ1v) is 12.6. The molecule has 1 aliphatic heterocycles. The van der Waals surface area contributed by atoms with Crippen LogP contribution in [0.3, 0.4) is 0 Å². The number of hydrogen-bond acceptors (Lipinski definition) is 7. The average Bonchev–Trinajstić information content (AvgIpc) is 3.21. The lowest BCUT2D eigenvalue weighted by Crippen LogP contribution is -2.41. The molecule has 198 valence electrons. The Morgan fingerprint density at radius 1 is 0.795 bits per heavy atom. The van der Waals surface area contributed by atoms with Gasteiger partial charge in [0.05, 0.1) is 31.7 Å². The predicted octanol–water partition coefficient (Wildman–Crippen LogP) is 3.08. The van der Waals surface area contributed by atoms with Crippen LogP contribution in [0.5, 0.6) is 11.5 Å². The van der Waals surface area contributed by atoms with E-state index in [4.69, 9.17) is 14.2 Å². The fourth-order valence-electron chi connectivity index (χ4n) is 6.30. The Morgan fingerprint density at radius 3 is 1.82 bits per heavy atom. The number of carbonyl (C=O) groups excluding carboxylic acids is 4. The van der Waals surface area contributed by atoms with Gasteiger partial charge >= 0.3 is 5.97 Å². The first kappa shape index (κ1) is 24.7. The summed E-state index contributed by atoms with van der Waals surface area (Å²) in [6.07, 6.45) is 0. The number of hydrogen-bond donors (Lipinski definition) is 1. The molecule has 3 aromatic carbocycles. The van der Waals surface area contributed by atoms with Gasteiger partial charge in [0.1, 0.15) is 18.0 Å². The Morgan fingerprint density at radius 2 is 1.33 bits per heavy atom. The van der Waals surface area contributed by atoms with Gasteiger partial charge in [-0.3, -0.25) is 24.1 Å². The molecular formula is C30H26N2O7. The zero-order chi connectivity index (χ0) is 27.3. The Labute approximate surface area is 224 Å². The highest BCUT2D eigenvalue weighted by Crippen LogP contribution is 2.60. The molecule has 0 spiro atoms. The monoisotopic (exact) mass is 526 g/mol. The number of anilines is 1. The number of ether oxygens (including phenoxy) is 3. The van der Waals surface area contributed by atoms with Crippen molar-refractivity contribution in [1.82, 2.24) is 4.90 Å². The Kier molecular flexibility index (Phi) is 6.06. The van der Waals surface area contributed by atoms with Crippen molar-refractivity contribution in [2.75, 3.05) is 32.7 Å². The van der Waals surface area contributed by atoms with Crippen LogP contribution >= 0.6 is 0 Å². The Bertz CT molecular complexity index is 1400. The molecule has 1 saturated heterocycles. The smallest absolute Gasteiger partial charge is 0.326 e. The second-order valence-electron chi connectivity index (χ2n) is 9.80. The summed E-state index contributed by atoms with van der Waals surface area (Å²) >= 11 is 0. The van der Waals surface area contributed by atoms with Crippen LogP contribution in [0, 0.1) is 11.8 Å². The predicted molar refractivity (Wildman–Crippen MR) is 139 cm³/mol. The van der Waals surface area contributed by atoms with E-state index in [1.165, 1.54) is 14.2 Å². The number of carbonyl (C=O) groups is 4. The molecular weight excluding hydrogens is 500 g/mol. The van der Waals surface area contributed by atoms with Crippen molar-refractivity contribution in [1.29, 1.82) is 0 Å². The van der Waals surface area contributed by atoms with Crippen LogP contribution in [0.15, 0.2) is 66.7 Å². The number of esters is 1. The van der Waals surface area contributed by atoms with Crippen LogP contribution in [-0.4, -0.2) is 56.0 Å². The number of imide groups is 1. The molecule has 9 nitrogen and oxygen atoms in total. The van der Waals surface area contributed by atoms with Crippen LogP contribution in [0.1, 0.15) is 34.1 Å². The molecule has 1 heterocycles. The number of nitrogens with one attached hydrogen (secondary N) is 1. The van der Waals surface area contributed by atoms with Crippen molar-refractivity contribution >= 4 is 29.4 Å². The summed E-state index contributed by atoms with van der Waals surface area (Å²) in [5.41, 5.74) is 4.59. The van der Waals surface area contributed by atoms with Crippen molar-refractivity contribution in [3.63, 3.8) is 0 Å². The highest BCUT2D eigenvalue weighted by atomic mass is 16.5. The van der Waals surface area contributed by atoms with E-state index in [1.807, 2.05) is 48.5 Å². The largest absolute Gasteiger partial charge is 0.497 e. The number of amides is 3. The van der Waals surface area contributed by atoms with Gasteiger partial charge < -0.3 is 19.5 Å². The second-order valence-corrected chi connectivity index (χ2v) is 9.80. The van der Waals surface area contributed by atoms with Gasteiger partial charge in [-0.15, -0.1) is 0 Å². The molecule has 3 amide bonds. The molecule has 39 heavy (non-hydrogen) atoms. The van der Waals surface area contributed by atoms with Gasteiger partial charge in [0, 0.05) is 17.9 Å². The van der Waals surface area contributed by atoms with Crippen LogP contribution in [-0.2, 0) is 23.9 Å². The lowest BCUT2D eigenvalue weighted by Gasteiger charge is -2.45. The molecule has 3 aromatic rings. The van der Waals surface area contributed by atoms with Crippen LogP contribution in [0.2, 0.25) is 0 Å². The summed E-state index contributed by atoms with van der Waals surface area (Å²) in [7, 11) is 2.97. The topological polar surface area (TPSA) is 111 Å². The molecule has 1 N–H and O–H groups in total. The minimum Gasteiger partial charge on any atom is -0.497 e. The van der Waals surface area contributed by atoms with Crippen molar-refractivity contribution < 1.29 is 33.4 Å². The third-order valence-corrected chi connectivity index (χ3v) is 7.87. The van der Waals surface area contributed by atoms with Crippen molar-refractivity contribution in [3.8, 4) is 11.5 Å². The Hall–Kier alpha value is -4.66. The van der Waals surface area contributed by atoms with Crippen LogP contribution in [0.4, 0.5) is 5.69 Å². The van der Waals surface area contributed by atoms with E-state index in [2.05, 4.69) is 5.32 Å². The van der Waals surface area contributed by atoms with E-state index in [-0.39, 0.29) is 23.7 Å². The first-order valence-electron chi connectivity index (χ1n) is 12.6. The maximum absolute atomic E-state index is 13.6. The minimum atomic E-state index is -0.838. The molecule has 2 bridgehead atoms. The molecule has 0 unspecified atom stereocenters. The van der Waals surface area contributed by atoms with E-state index in [9.17, 15) is 19.2 Å². The van der Waals surface area contributed by atoms with E-state index in [1.54, 1.807) is 18.2 Å². The van der Waals surface area contributed by atoms with Crippen molar-refractivity contribution in [2.24, 2.45) is 11.8 Å². The van der Waals surface area contributed by atoms with Crippen molar-refractivity contribution in [3.05, 3.63) is 89.0 Å². The van der Waals surface area contributed by atoms with Gasteiger partial charge in [0.2, 0.25) is 11.8 Å². The fraction of sp³-hybridized carbons (Fsp3) is 0.267. The van der Waals surface area contributed by atoms with Gasteiger partial charge in [-0.05, 0) is 34.4 Å². The first-order chi connectivity index (χ1) is 18.9. The summed E-state index contributed by atoms with van der Waals surface area (Å²) in [6.45, 7) is -1.13. The highest BCUT2D eigenvalue weighted by molar-refractivity contribution is 6.09. The fourth-order valence-corrected chi connectivity index (χ4v) is 6.30. The van der Waals surface area contributed by atoms with E-state index < -0.39 is 36.9 Å². The molecule has 2 atom stereocenters. The summed E-state index contributed by atoms with van der Waals surface area (Å²) in [5.74, 6) is -2.93. The number of methoxy groups -OCH3 is 2. The number of nitrogens with zero attached hydrogens (tertiary/aromatic N) is 1. The number of rotatable bonds is 7. The molecule has 7 rings (SSSR count). The maximum atomic E-state index is 13.6. The molecule has 4 aliphatic rings. The zero-order valence-corrected chi connectivity index (χ0v) is 21.4. The van der Waals surface area contributed by atoms with Gasteiger partial charge in [-0.2, -0.15) is 0 Å². The summed E-state index contributed by atoms with van der Waals surface area (Å²) in [5, 5.41) is 2.62. The standard InChI is InChI=1S/C30H26N2O7/c1-37-16-11-12-21(22(13-16)38-2)31-23(33)15-39-24(34)14-32-29(35)27-25-17-7-3-4-8-18(17)26(28(27)30(32)36)20-10-6-5-9-19(20)25/h3-13,25-28H,14-15H2,1-2H3,(H,31,33)/t25?,26?,27-,28-/m0/s1. The number of benzene rings is 3. The van der Waals surface area contributed by atoms with Crippen LogP contribution < -0.4 is 14.8 Å². The third kappa shape index (κ3) is 3.93. The lowest BCUT2D eigenvalue weighted by molar-refractivity contribution is -0.154. The summed E-state index contributed by atoms with van der Waals surface area (Å²) < 4.78 is 15.5. The molecule has 1 fully saturated rings. The van der Waals surface area contributed by atoms with Gasteiger partial charge in [-0.25, -0.2) is 0 Å². The molecule has 0 aromatic heterocycles. The molecule has 0 saturated carbocycles. The molecule has 9 heteroatoms. The third-order valence-electron chi connectivity index (χ3n) is 7.87. The Balaban J connectivity index is 1.15. The van der Waals surface area contributed by atoms with E-state index in [0.29, 0.717) is 17.2 Å². The lowest BCUT2D eigenvalue weighted by atomic mass is 9.55. The zero-order valence-electron chi connectivity index (χ0n) is 21.4. The average molecular weight is 527 g/mol. The van der Waals surface area contributed by atoms with E-state index in [0.717, 1.165) is 27.2 Å². The van der Waals surface area contributed by atoms with Crippen LogP contribution in [0.25, 0.3) is 0 Å². The van der Waals surface area contributed by atoms with Gasteiger partial charge in [0.15, 0.2) is 6.61 Å². The van der Waals surface area contributed by atoms with Crippen molar-refractivity contribution in [2.45, 2.75) is 11.8 Å². The normalized spacial score (nSPS) is 22.1. The van der Waals surface area contributed by atoms with Gasteiger partial charge in [-0.1, -0.05) is 48.5 Å². The summed E-state index contributed by atoms with van der Waals surface area (Å²) in [6, 6.07) is 20.7. The quantitative estimate of drug-likeness (QED) is 0.372. The summed E-state index contributed by atoms with van der Waals surface area (Å²) in [4.78, 5) is 53.3.